The van der Waals surface area contributed by atoms with E-state index in [0.29, 0.717) is 5.41 Å². The van der Waals surface area contributed by atoms with Gasteiger partial charge in [0.05, 0.1) is 0 Å². The molecule has 5 aromatic rings. The number of benzene rings is 5. The minimum atomic E-state index is 0. The van der Waals surface area contributed by atoms with Crippen molar-refractivity contribution in [1.82, 2.24) is 0 Å². The van der Waals surface area contributed by atoms with E-state index in [1.54, 1.807) is 14.2 Å². The molecule has 0 unspecified atom stereocenters. The highest BCUT2D eigenvalue weighted by atomic mass is 16.4. The summed E-state index contributed by atoms with van der Waals surface area (Å²) < 4.78 is 4.25. The first kappa shape index (κ1) is 77.3. The SMILES string of the molecule is C.CC.CC.CC.CC.CC.CC(C)=O.CCC.CCC(C)(C)C.COC.c1ccccc1.c1ccccc1.c1ccccc1.c1ccccc1.c1ccccc1. The zero-order valence-electron chi connectivity index (χ0n) is 40.6. The number of hydrogen-bond acceptors (Lipinski definition) is 2. The summed E-state index contributed by atoms with van der Waals surface area (Å²) in [5, 5.41) is 0. The van der Waals surface area contributed by atoms with E-state index in [-0.39, 0.29) is 13.2 Å². The number of ketones is 1. The summed E-state index contributed by atoms with van der Waals surface area (Å²) >= 11 is 0. The first-order valence-electron chi connectivity index (χ1n) is 21.0. The van der Waals surface area contributed by atoms with Crippen LogP contribution >= 0.6 is 0 Å². The maximum atomic E-state index is 9.44. The highest BCUT2D eigenvalue weighted by molar-refractivity contribution is 5.72. The van der Waals surface area contributed by atoms with Crippen LogP contribution in [-0.2, 0) is 9.53 Å². The van der Waals surface area contributed by atoms with Gasteiger partial charge < -0.3 is 9.53 Å². The van der Waals surface area contributed by atoms with Crippen LogP contribution < -0.4 is 0 Å². The monoisotopic (exact) mass is 791 g/mol. The first-order valence-corrected chi connectivity index (χ1v) is 21.0. The maximum Gasteiger partial charge on any atom is 0.126 e. The summed E-state index contributed by atoms with van der Waals surface area (Å²) in [6.07, 6.45) is 2.52. The van der Waals surface area contributed by atoms with Gasteiger partial charge in [0.2, 0.25) is 0 Å². The van der Waals surface area contributed by atoms with Crippen LogP contribution in [-0.4, -0.2) is 20.0 Å². The summed E-state index contributed by atoms with van der Waals surface area (Å²) in [6, 6.07) is 60.0. The van der Waals surface area contributed by atoms with Gasteiger partial charge in [-0.1, -0.05) is 313 Å². The zero-order chi connectivity index (χ0) is 45.4. The molecule has 0 spiro atoms. The van der Waals surface area contributed by atoms with Crippen LogP contribution in [0.15, 0.2) is 182 Å². The fourth-order valence-corrected chi connectivity index (χ4v) is 1.92. The molecule has 0 aliphatic carbocycles. The molecule has 2 heteroatoms. The van der Waals surface area contributed by atoms with Crippen molar-refractivity contribution in [3.63, 3.8) is 0 Å². The minimum Gasteiger partial charge on any atom is -0.388 e. The van der Waals surface area contributed by atoms with E-state index in [0.717, 1.165) is 0 Å². The molecule has 57 heavy (non-hydrogen) atoms. The molecule has 0 bridgehead atoms. The Morgan fingerprint density at radius 1 is 0.351 bits per heavy atom. The molecule has 330 valence electrons. The molecule has 0 amide bonds. The number of hydrogen-bond donors (Lipinski definition) is 0. The molecular weight excluding hydrogens is 693 g/mol. The standard InChI is InChI=1S/5C6H6.C6H14.C3H6O.C3H8.C2H6O.5C2H6.CH4/c5*1-2-4-6-5-3-1;1-5-6(2,3)4;1-3(2)4;2*1-3-2;5*1-2;/h5*1-6H;5H2,1-4H3;1-2H3;3H2,1-2H3;1-2H3;5*1-2H3;1H4. The number of carbonyl (C=O) groups is 1. The number of rotatable bonds is 0. The lowest BCUT2D eigenvalue weighted by Gasteiger charge is -2.12. The molecule has 2 nitrogen and oxygen atoms in total. The van der Waals surface area contributed by atoms with Crippen LogP contribution in [0.5, 0.6) is 0 Å². The fourth-order valence-electron chi connectivity index (χ4n) is 1.92. The lowest BCUT2D eigenvalue weighted by atomic mass is 9.94. The van der Waals surface area contributed by atoms with Gasteiger partial charge in [0.15, 0.2) is 0 Å². The number of carbonyl (C=O) groups excluding carboxylic acids is 1. The molecule has 5 aromatic carbocycles. The van der Waals surface area contributed by atoms with Crippen molar-refractivity contribution < 1.29 is 9.53 Å². The quantitative estimate of drug-likeness (QED) is 0.156. The van der Waals surface area contributed by atoms with Gasteiger partial charge in [-0.25, -0.2) is 0 Å². The van der Waals surface area contributed by atoms with Crippen molar-refractivity contribution in [3.8, 4) is 0 Å². The molecule has 0 heterocycles. The average Bonchev–Trinajstić information content (AvgIpc) is 3.29. The highest BCUT2D eigenvalue weighted by Gasteiger charge is 2.03. The molecule has 0 N–H and O–H groups in total. The van der Waals surface area contributed by atoms with Crippen molar-refractivity contribution in [3.05, 3.63) is 182 Å². The maximum absolute atomic E-state index is 9.44. The molecule has 0 aromatic heterocycles. The Morgan fingerprint density at radius 2 is 0.386 bits per heavy atom. The minimum absolute atomic E-state index is 0. The third-order valence-electron chi connectivity index (χ3n) is 4.39. The molecule has 0 aliphatic rings. The Labute approximate surface area is 360 Å². The first-order chi connectivity index (χ1) is 27.1. The molecule has 0 saturated heterocycles. The molecular formula is C55H98O2. The predicted molar refractivity (Wildman–Crippen MR) is 271 cm³/mol. The van der Waals surface area contributed by atoms with Crippen LogP contribution in [0, 0.1) is 5.41 Å². The second-order valence-electron chi connectivity index (χ2n) is 10.7. The average molecular weight is 791 g/mol. The van der Waals surface area contributed by atoms with E-state index < -0.39 is 0 Å². The Kier molecular flexibility index (Phi) is 127. The van der Waals surface area contributed by atoms with Gasteiger partial charge in [-0.3, -0.25) is 0 Å². The van der Waals surface area contributed by atoms with Gasteiger partial charge in [-0.15, -0.1) is 0 Å². The lowest BCUT2D eigenvalue weighted by molar-refractivity contribution is -0.115. The van der Waals surface area contributed by atoms with Crippen LogP contribution in [0.25, 0.3) is 0 Å². The molecule has 0 fully saturated rings. The third-order valence-corrected chi connectivity index (χ3v) is 4.39. The fraction of sp³-hybridized carbons (Fsp3) is 0.436. The lowest BCUT2D eigenvalue weighted by Crippen LogP contribution is -2.00. The van der Waals surface area contributed by atoms with Crippen molar-refractivity contribution in [2.24, 2.45) is 5.41 Å². The van der Waals surface area contributed by atoms with Crippen molar-refractivity contribution in [1.29, 1.82) is 0 Å². The van der Waals surface area contributed by atoms with Gasteiger partial charge in [0.25, 0.3) is 0 Å². The van der Waals surface area contributed by atoms with E-state index in [2.05, 4.69) is 46.3 Å². The van der Waals surface area contributed by atoms with Gasteiger partial charge in [0, 0.05) is 14.2 Å². The number of ether oxygens (including phenoxy) is 1. The Hall–Kier alpha value is -4.27. The van der Waals surface area contributed by atoms with Gasteiger partial charge in [-0.2, -0.15) is 0 Å². The zero-order valence-corrected chi connectivity index (χ0v) is 40.6. The Morgan fingerprint density at radius 3 is 0.404 bits per heavy atom. The summed E-state index contributed by atoms with van der Waals surface area (Å²) in [7, 11) is 3.25. The summed E-state index contributed by atoms with van der Waals surface area (Å²) in [5.74, 6) is 0.167. The summed E-state index contributed by atoms with van der Waals surface area (Å²) in [6.45, 7) is 36.2. The molecule has 0 aliphatic heterocycles. The Bertz CT molecular complexity index is 772. The van der Waals surface area contributed by atoms with Crippen molar-refractivity contribution >= 4 is 5.78 Å². The van der Waals surface area contributed by atoms with E-state index in [1.807, 2.05) is 251 Å². The van der Waals surface area contributed by atoms with E-state index in [9.17, 15) is 4.79 Å². The van der Waals surface area contributed by atoms with Crippen LogP contribution in [0.1, 0.15) is 145 Å². The largest absolute Gasteiger partial charge is 0.388 e. The molecule has 0 saturated carbocycles. The second kappa shape index (κ2) is 93.5. The van der Waals surface area contributed by atoms with Crippen LogP contribution in [0.2, 0.25) is 0 Å². The predicted octanol–water partition coefficient (Wildman–Crippen LogP) is 18.9. The van der Waals surface area contributed by atoms with Crippen LogP contribution in [0.3, 0.4) is 0 Å². The second-order valence-corrected chi connectivity index (χ2v) is 10.7. The van der Waals surface area contributed by atoms with Gasteiger partial charge in [-0.05, 0) is 19.3 Å². The smallest absolute Gasteiger partial charge is 0.126 e. The Balaban J connectivity index is -0.0000000533. The summed E-state index contributed by atoms with van der Waals surface area (Å²) in [5.41, 5.74) is 0.542. The third kappa shape index (κ3) is 155. The molecule has 5 rings (SSSR count). The van der Waals surface area contributed by atoms with E-state index >= 15 is 0 Å². The van der Waals surface area contributed by atoms with Crippen LogP contribution in [0.4, 0.5) is 0 Å². The topological polar surface area (TPSA) is 26.3 Å². The van der Waals surface area contributed by atoms with Crippen molar-refractivity contribution in [2.75, 3.05) is 14.2 Å². The van der Waals surface area contributed by atoms with Crippen molar-refractivity contribution in [2.45, 2.75) is 145 Å². The number of methoxy groups -OCH3 is 1. The van der Waals surface area contributed by atoms with Gasteiger partial charge in [0.1, 0.15) is 5.78 Å². The summed E-state index contributed by atoms with van der Waals surface area (Å²) in [4.78, 5) is 9.44. The van der Waals surface area contributed by atoms with Gasteiger partial charge >= 0.3 is 0 Å². The molecule has 0 atom stereocenters. The highest BCUT2D eigenvalue weighted by Crippen LogP contribution is 2.16. The normalized spacial score (nSPS) is 7.09. The molecule has 0 radical (unpaired) electrons. The number of Topliss-reactive ketones (excluding diaryl/α,β-unsaturated/α-hetero) is 1. The van der Waals surface area contributed by atoms with E-state index in [1.165, 1.54) is 26.7 Å². The van der Waals surface area contributed by atoms with E-state index in [4.69, 9.17) is 0 Å².